The molecule has 1 aromatic heterocycles. The lowest BCUT2D eigenvalue weighted by Gasteiger charge is -2.02. The maximum Gasteiger partial charge on any atom is 0.305 e. The van der Waals surface area contributed by atoms with Gasteiger partial charge in [-0.1, -0.05) is 5.16 Å². The lowest BCUT2D eigenvalue weighted by atomic mass is 10.1. The number of nitro groups is 1. The maximum absolute atomic E-state index is 14.0. The lowest BCUT2D eigenvalue weighted by molar-refractivity contribution is -0.387. The monoisotopic (exact) mass is 296 g/mol. The van der Waals surface area contributed by atoms with E-state index < -0.39 is 33.7 Å². The van der Waals surface area contributed by atoms with Crippen LogP contribution in [-0.2, 0) is 0 Å². The summed E-state index contributed by atoms with van der Waals surface area (Å²) in [4.78, 5) is 13.7. The zero-order chi connectivity index (χ0) is 15.0. The normalized spacial score (nSPS) is 18.1. The Morgan fingerprint density at radius 3 is 2.90 bits per heavy atom. The molecule has 2 aromatic rings. The molecule has 0 bridgehead atoms. The summed E-state index contributed by atoms with van der Waals surface area (Å²) in [5.41, 5.74) is -1.52. The van der Waals surface area contributed by atoms with Crippen LogP contribution in [0, 0.1) is 21.7 Å². The van der Waals surface area contributed by atoms with Crippen molar-refractivity contribution in [2.45, 2.75) is 18.9 Å². The third-order valence-corrected chi connectivity index (χ3v) is 3.30. The van der Waals surface area contributed by atoms with Crippen LogP contribution in [-0.4, -0.2) is 21.6 Å². The van der Waals surface area contributed by atoms with Gasteiger partial charge in [0.2, 0.25) is 5.82 Å². The molecule has 1 fully saturated rings. The van der Waals surface area contributed by atoms with Crippen molar-refractivity contribution in [3.8, 4) is 11.5 Å². The molecule has 110 valence electrons. The van der Waals surface area contributed by atoms with E-state index in [9.17, 15) is 18.9 Å². The zero-order valence-electron chi connectivity index (χ0n) is 10.7. The maximum atomic E-state index is 14.0. The molecule has 0 spiro atoms. The van der Waals surface area contributed by atoms with Crippen molar-refractivity contribution in [3.63, 3.8) is 0 Å². The number of aromatic nitrogens is 2. The Kier molecular flexibility index (Phi) is 3.34. The minimum atomic E-state index is -1.32. The van der Waals surface area contributed by atoms with E-state index in [1.165, 1.54) is 0 Å². The summed E-state index contributed by atoms with van der Waals surface area (Å²) in [6.07, 6.45) is 1.73. The summed E-state index contributed by atoms with van der Waals surface area (Å²) in [5.74, 6) is -2.44. The first-order valence-corrected chi connectivity index (χ1v) is 6.27. The first kappa shape index (κ1) is 13.6. The van der Waals surface area contributed by atoms with Gasteiger partial charge in [0, 0.05) is 6.07 Å². The molecule has 1 N–H and O–H groups in total. The molecule has 9 heteroatoms. The third-order valence-electron chi connectivity index (χ3n) is 3.30. The van der Waals surface area contributed by atoms with Crippen LogP contribution < -0.4 is 5.32 Å². The van der Waals surface area contributed by atoms with E-state index in [2.05, 4.69) is 15.5 Å². The number of hydrogen-bond donors (Lipinski definition) is 1. The summed E-state index contributed by atoms with van der Waals surface area (Å²) in [5, 5.41) is 17.5. The molecule has 0 aliphatic carbocycles. The Labute approximate surface area is 117 Å². The van der Waals surface area contributed by atoms with E-state index in [4.69, 9.17) is 4.52 Å². The average Bonchev–Trinajstić information content (AvgIpc) is 3.09. The molecule has 2 heterocycles. The van der Waals surface area contributed by atoms with Gasteiger partial charge in [0.15, 0.2) is 5.82 Å². The molecule has 1 saturated heterocycles. The standard InChI is InChI=1S/C12H10F2N4O3/c13-6-3-4-8(18(19)20)10(14)9(6)12-16-11(17-21-12)7-2-1-5-15-7/h3-4,7,15H,1-2,5H2. The Morgan fingerprint density at radius 1 is 1.43 bits per heavy atom. The lowest BCUT2D eigenvalue weighted by Crippen LogP contribution is -2.14. The van der Waals surface area contributed by atoms with Crippen molar-refractivity contribution in [1.82, 2.24) is 15.5 Å². The van der Waals surface area contributed by atoms with Crippen molar-refractivity contribution < 1.29 is 18.2 Å². The zero-order valence-corrected chi connectivity index (χ0v) is 10.7. The second kappa shape index (κ2) is 5.17. The predicted molar refractivity (Wildman–Crippen MR) is 66.3 cm³/mol. The Morgan fingerprint density at radius 2 is 2.24 bits per heavy atom. The van der Waals surface area contributed by atoms with Gasteiger partial charge < -0.3 is 9.84 Å². The first-order chi connectivity index (χ1) is 10.1. The molecule has 3 rings (SSSR count). The number of halogens is 2. The number of nitro benzene ring substituents is 1. The van der Waals surface area contributed by atoms with Crippen LogP contribution in [0.5, 0.6) is 0 Å². The molecular weight excluding hydrogens is 286 g/mol. The van der Waals surface area contributed by atoms with E-state index in [1.807, 2.05) is 0 Å². The fraction of sp³-hybridized carbons (Fsp3) is 0.333. The van der Waals surface area contributed by atoms with Crippen molar-refractivity contribution in [2.75, 3.05) is 6.54 Å². The quantitative estimate of drug-likeness (QED) is 0.690. The molecular formula is C12H10F2N4O3. The van der Waals surface area contributed by atoms with E-state index in [-0.39, 0.29) is 11.9 Å². The number of nitrogens with one attached hydrogen (secondary N) is 1. The molecule has 21 heavy (non-hydrogen) atoms. The summed E-state index contributed by atoms with van der Waals surface area (Å²) < 4.78 is 32.6. The van der Waals surface area contributed by atoms with Gasteiger partial charge in [-0.2, -0.15) is 9.37 Å². The second-order valence-corrected chi connectivity index (χ2v) is 4.62. The second-order valence-electron chi connectivity index (χ2n) is 4.62. The summed E-state index contributed by atoms with van der Waals surface area (Å²) in [7, 11) is 0. The summed E-state index contributed by atoms with van der Waals surface area (Å²) >= 11 is 0. The van der Waals surface area contributed by atoms with Crippen molar-refractivity contribution in [3.05, 3.63) is 39.7 Å². The van der Waals surface area contributed by atoms with Gasteiger partial charge in [0.1, 0.15) is 11.4 Å². The third kappa shape index (κ3) is 2.35. The van der Waals surface area contributed by atoms with Gasteiger partial charge in [-0.05, 0) is 25.5 Å². The number of nitrogens with zero attached hydrogens (tertiary/aromatic N) is 3. The highest BCUT2D eigenvalue weighted by molar-refractivity contribution is 5.60. The van der Waals surface area contributed by atoms with E-state index in [0.717, 1.165) is 31.5 Å². The average molecular weight is 296 g/mol. The minimum absolute atomic E-state index is 0.132. The van der Waals surface area contributed by atoms with E-state index >= 15 is 0 Å². The highest BCUT2D eigenvalue weighted by atomic mass is 19.1. The fourth-order valence-corrected chi connectivity index (χ4v) is 2.26. The van der Waals surface area contributed by atoms with Crippen LogP contribution in [0.25, 0.3) is 11.5 Å². The Hall–Kier alpha value is -2.42. The number of rotatable bonds is 3. The molecule has 1 aliphatic rings. The van der Waals surface area contributed by atoms with Crippen LogP contribution in [0.15, 0.2) is 16.7 Å². The van der Waals surface area contributed by atoms with Crippen molar-refractivity contribution in [2.24, 2.45) is 0 Å². The van der Waals surface area contributed by atoms with Crippen LogP contribution in [0.1, 0.15) is 24.7 Å². The van der Waals surface area contributed by atoms with Gasteiger partial charge in [0.25, 0.3) is 5.89 Å². The molecule has 0 saturated carbocycles. The Balaban J connectivity index is 2.04. The topological polar surface area (TPSA) is 94.1 Å². The molecule has 0 radical (unpaired) electrons. The SMILES string of the molecule is O=[N+]([O-])c1ccc(F)c(-c2nc(C3CCCN3)no2)c1F. The molecule has 1 atom stereocenters. The summed E-state index contributed by atoms with van der Waals surface area (Å²) in [6.45, 7) is 0.800. The fourth-order valence-electron chi connectivity index (χ4n) is 2.26. The number of hydrogen-bond acceptors (Lipinski definition) is 6. The van der Waals surface area contributed by atoms with Crippen LogP contribution in [0.4, 0.5) is 14.5 Å². The minimum Gasteiger partial charge on any atom is -0.334 e. The smallest absolute Gasteiger partial charge is 0.305 e. The number of benzene rings is 1. The molecule has 1 aliphatic heterocycles. The molecule has 1 aromatic carbocycles. The van der Waals surface area contributed by atoms with Crippen LogP contribution in [0.2, 0.25) is 0 Å². The highest BCUT2D eigenvalue weighted by Crippen LogP contribution is 2.31. The van der Waals surface area contributed by atoms with Gasteiger partial charge in [-0.25, -0.2) is 4.39 Å². The highest BCUT2D eigenvalue weighted by Gasteiger charge is 2.28. The van der Waals surface area contributed by atoms with E-state index in [0.29, 0.717) is 0 Å². The van der Waals surface area contributed by atoms with Gasteiger partial charge >= 0.3 is 5.69 Å². The molecule has 1 unspecified atom stereocenters. The van der Waals surface area contributed by atoms with E-state index in [1.54, 1.807) is 0 Å². The van der Waals surface area contributed by atoms with Gasteiger partial charge in [0.05, 0.1) is 11.0 Å². The van der Waals surface area contributed by atoms with Crippen LogP contribution >= 0.6 is 0 Å². The van der Waals surface area contributed by atoms with Crippen molar-refractivity contribution >= 4 is 5.69 Å². The predicted octanol–water partition coefficient (Wildman–Crippen LogP) is 2.35. The van der Waals surface area contributed by atoms with Gasteiger partial charge in [-0.3, -0.25) is 10.1 Å². The van der Waals surface area contributed by atoms with Crippen molar-refractivity contribution in [1.29, 1.82) is 0 Å². The molecule has 7 nitrogen and oxygen atoms in total. The van der Waals surface area contributed by atoms with Gasteiger partial charge in [-0.15, -0.1) is 0 Å². The Bertz CT molecular complexity index is 698. The summed E-state index contributed by atoms with van der Waals surface area (Å²) in [6, 6.07) is 1.42. The first-order valence-electron chi connectivity index (χ1n) is 6.27. The molecule has 0 amide bonds. The van der Waals surface area contributed by atoms with Crippen LogP contribution in [0.3, 0.4) is 0 Å². The largest absolute Gasteiger partial charge is 0.334 e.